The van der Waals surface area contributed by atoms with Gasteiger partial charge < -0.3 is 15.3 Å². The molecule has 0 bridgehead atoms. The van der Waals surface area contributed by atoms with Gasteiger partial charge in [-0.25, -0.2) is 23.1 Å². The Morgan fingerprint density at radius 2 is 1.95 bits per heavy atom. The van der Waals surface area contributed by atoms with E-state index >= 15 is 4.39 Å². The molecule has 1 saturated heterocycles. The summed E-state index contributed by atoms with van der Waals surface area (Å²) in [6.07, 6.45) is 1.67. The highest BCUT2D eigenvalue weighted by molar-refractivity contribution is 5.91. The second kappa shape index (κ2) is 9.51. The largest absolute Gasteiger partial charge is 0.507 e. The molecule has 0 amide bonds. The van der Waals surface area contributed by atoms with Gasteiger partial charge in [0.15, 0.2) is 11.5 Å². The number of benzene rings is 1. The second-order valence-electron chi connectivity index (χ2n) is 9.64. The lowest BCUT2D eigenvalue weighted by atomic mass is 10.0. The first kappa shape index (κ1) is 24.8. The lowest BCUT2D eigenvalue weighted by molar-refractivity contribution is 0.470. The van der Waals surface area contributed by atoms with Crippen molar-refractivity contribution in [3.8, 4) is 22.7 Å². The van der Waals surface area contributed by atoms with E-state index in [9.17, 15) is 14.3 Å². The number of hydrogen-bond donors (Lipinski definition) is 2. The summed E-state index contributed by atoms with van der Waals surface area (Å²) in [5.41, 5.74) is 0.647. The Balaban J connectivity index is 1.92. The first-order valence-corrected chi connectivity index (χ1v) is 12.2. The number of pyridine rings is 2. The van der Waals surface area contributed by atoms with Crippen molar-refractivity contribution in [1.29, 1.82) is 0 Å². The van der Waals surface area contributed by atoms with Crippen molar-refractivity contribution < 1.29 is 13.9 Å². The number of phenolic OH excluding ortho intramolecular Hbond substituents is 1. The van der Waals surface area contributed by atoms with Gasteiger partial charge in [-0.1, -0.05) is 19.9 Å². The molecule has 5 rings (SSSR count). The Kier molecular flexibility index (Phi) is 6.36. The van der Waals surface area contributed by atoms with Crippen LogP contribution in [0.3, 0.4) is 0 Å². The molecule has 4 heterocycles. The molecule has 1 fully saturated rings. The van der Waals surface area contributed by atoms with Crippen LogP contribution in [0.25, 0.3) is 28.0 Å². The second-order valence-corrected chi connectivity index (χ2v) is 9.64. The molecule has 4 aromatic rings. The fourth-order valence-corrected chi connectivity index (χ4v) is 4.89. The molecule has 8 nitrogen and oxygen atoms in total. The molecule has 1 aliphatic rings. The molecular weight excluding hydrogens is 478 g/mol. The van der Waals surface area contributed by atoms with Gasteiger partial charge in [-0.05, 0) is 49.6 Å². The van der Waals surface area contributed by atoms with E-state index < -0.39 is 28.8 Å². The molecule has 3 aromatic heterocycles. The molecule has 1 aromatic carbocycles. The average Bonchev–Trinajstić information content (AvgIpc) is 2.85. The van der Waals surface area contributed by atoms with E-state index in [1.165, 1.54) is 22.8 Å². The Morgan fingerprint density at radius 3 is 2.65 bits per heavy atom. The number of halogens is 2. The van der Waals surface area contributed by atoms with Gasteiger partial charge in [0.05, 0.1) is 22.3 Å². The molecule has 0 radical (unpaired) electrons. The van der Waals surface area contributed by atoms with Crippen molar-refractivity contribution >= 4 is 16.9 Å². The van der Waals surface area contributed by atoms with E-state index in [-0.39, 0.29) is 23.2 Å². The number of phenols is 1. The van der Waals surface area contributed by atoms with Gasteiger partial charge in [0.1, 0.15) is 23.1 Å². The maximum atomic E-state index is 15.6. The van der Waals surface area contributed by atoms with Crippen LogP contribution in [0, 0.1) is 18.6 Å². The minimum Gasteiger partial charge on any atom is -0.507 e. The number of fused-ring (bicyclic) bond motifs is 1. The highest BCUT2D eigenvalue weighted by atomic mass is 19.1. The lowest BCUT2D eigenvalue weighted by Crippen LogP contribution is -2.50. The van der Waals surface area contributed by atoms with Crippen LogP contribution in [-0.4, -0.2) is 50.3 Å². The van der Waals surface area contributed by atoms with Crippen molar-refractivity contribution in [3.05, 3.63) is 69.9 Å². The normalized spacial score (nSPS) is 16.1. The van der Waals surface area contributed by atoms with E-state index in [0.717, 1.165) is 11.6 Å². The minimum absolute atomic E-state index is 0.00981. The summed E-state index contributed by atoms with van der Waals surface area (Å²) in [6, 6.07) is 6.69. The molecular formula is C27H28F2N6O2. The number of hydrogen-bond acceptors (Lipinski definition) is 7. The Morgan fingerprint density at radius 1 is 1.16 bits per heavy atom. The zero-order chi connectivity index (χ0) is 26.4. The predicted octanol–water partition coefficient (Wildman–Crippen LogP) is 4.06. The van der Waals surface area contributed by atoms with E-state index in [4.69, 9.17) is 0 Å². The zero-order valence-electron chi connectivity index (χ0n) is 21.1. The van der Waals surface area contributed by atoms with Gasteiger partial charge in [-0.2, -0.15) is 4.98 Å². The average molecular weight is 507 g/mol. The Bertz CT molecular complexity index is 1550. The van der Waals surface area contributed by atoms with Crippen LogP contribution in [0.15, 0.2) is 41.3 Å². The van der Waals surface area contributed by atoms with Crippen LogP contribution < -0.4 is 15.9 Å². The predicted molar refractivity (Wildman–Crippen MR) is 138 cm³/mol. The molecule has 0 aliphatic carbocycles. The summed E-state index contributed by atoms with van der Waals surface area (Å²) in [4.78, 5) is 29.1. The van der Waals surface area contributed by atoms with E-state index in [1.54, 1.807) is 12.3 Å². The first-order valence-electron chi connectivity index (χ1n) is 12.2. The first-order chi connectivity index (χ1) is 17.7. The highest BCUT2D eigenvalue weighted by Gasteiger charge is 2.28. The molecule has 37 heavy (non-hydrogen) atoms. The van der Waals surface area contributed by atoms with Crippen molar-refractivity contribution in [2.75, 3.05) is 24.5 Å². The van der Waals surface area contributed by atoms with Gasteiger partial charge in [-0.15, -0.1) is 0 Å². The summed E-state index contributed by atoms with van der Waals surface area (Å²) in [5, 5.41) is 14.0. The van der Waals surface area contributed by atoms with Gasteiger partial charge in [0.25, 0.3) is 0 Å². The number of piperazine rings is 1. The van der Waals surface area contributed by atoms with Gasteiger partial charge in [0, 0.05) is 31.9 Å². The maximum Gasteiger partial charge on any atom is 0.355 e. The number of anilines is 1. The third-order valence-electron chi connectivity index (χ3n) is 6.73. The molecule has 1 atom stereocenters. The topological polar surface area (TPSA) is 96.2 Å². The Labute approximate surface area is 212 Å². The number of aromatic nitrogens is 4. The number of nitrogens with one attached hydrogen (secondary N) is 1. The van der Waals surface area contributed by atoms with Crippen LogP contribution in [0.5, 0.6) is 5.75 Å². The smallest absolute Gasteiger partial charge is 0.355 e. The molecule has 2 N–H and O–H groups in total. The van der Waals surface area contributed by atoms with Crippen LogP contribution in [0.2, 0.25) is 0 Å². The number of rotatable bonds is 4. The number of aromatic hydroxyl groups is 1. The third-order valence-corrected chi connectivity index (χ3v) is 6.73. The van der Waals surface area contributed by atoms with E-state index in [0.29, 0.717) is 42.2 Å². The van der Waals surface area contributed by atoms with Crippen molar-refractivity contribution in [1.82, 2.24) is 24.8 Å². The molecule has 0 unspecified atom stereocenters. The number of aryl methyl sites for hydroxylation is 1. The summed E-state index contributed by atoms with van der Waals surface area (Å²) in [6.45, 7) is 9.66. The van der Waals surface area contributed by atoms with Crippen LogP contribution >= 0.6 is 0 Å². The fraction of sp³-hybridized carbons (Fsp3) is 0.333. The van der Waals surface area contributed by atoms with Crippen LogP contribution in [0.1, 0.15) is 37.9 Å². The molecule has 0 spiro atoms. The minimum atomic E-state index is -0.837. The van der Waals surface area contributed by atoms with Gasteiger partial charge in [-0.3, -0.25) is 4.98 Å². The molecule has 0 saturated carbocycles. The summed E-state index contributed by atoms with van der Waals surface area (Å²) in [7, 11) is 0. The third kappa shape index (κ3) is 4.21. The Hall–Kier alpha value is -3.92. The van der Waals surface area contributed by atoms with Crippen molar-refractivity contribution in [2.45, 2.75) is 39.7 Å². The fourth-order valence-electron chi connectivity index (χ4n) is 4.89. The highest BCUT2D eigenvalue weighted by Crippen LogP contribution is 2.36. The van der Waals surface area contributed by atoms with E-state index in [2.05, 4.69) is 20.3 Å². The summed E-state index contributed by atoms with van der Waals surface area (Å²) in [5.74, 6) is -1.85. The monoisotopic (exact) mass is 506 g/mol. The van der Waals surface area contributed by atoms with Crippen LogP contribution in [0.4, 0.5) is 14.6 Å². The van der Waals surface area contributed by atoms with Crippen LogP contribution in [-0.2, 0) is 0 Å². The quantitative estimate of drug-likeness (QED) is 0.431. The summed E-state index contributed by atoms with van der Waals surface area (Å²) < 4.78 is 31.8. The SMILES string of the molecule is Cc1ccnc(C(C)C)c1-n1c(=O)nc(N2CCNC[C@@H]2C)c2cc(F)c(-c3c(O)cccc3F)nc21. The molecule has 192 valence electrons. The van der Waals surface area contributed by atoms with E-state index in [1.807, 2.05) is 32.6 Å². The zero-order valence-corrected chi connectivity index (χ0v) is 21.1. The molecule has 1 aliphatic heterocycles. The van der Waals surface area contributed by atoms with Crippen molar-refractivity contribution in [2.24, 2.45) is 0 Å². The van der Waals surface area contributed by atoms with Crippen molar-refractivity contribution in [3.63, 3.8) is 0 Å². The van der Waals surface area contributed by atoms with Gasteiger partial charge in [0.2, 0.25) is 0 Å². The number of nitrogens with zero attached hydrogens (tertiary/aromatic N) is 5. The molecule has 10 heteroatoms. The summed E-state index contributed by atoms with van der Waals surface area (Å²) >= 11 is 0. The standard InChI is InChI=1S/C27H28F2N6O2/c1-14(2)22-24(15(3)8-9-31-22)35-26-17(25(33-27(35)37)34-11-10-30-13-16(34)4)12-19(29)23(32-26)21-18(28)6-5-7-20(21)36/h5-9,12,14,16,30,36H,10-11,13H2,1-4H3/t16-/m0/s1. The maximum absolute atomic E-state index is 15.6. The lowest BCUT2D eigenvalue weighted by Gasteiger charge is -2.35. The van der Waals surface area contributed by atoms with Gasteiger partial charge >= 0.3 is 5.69 Å².